The number of aromatic nitrogens is 1. The lowest BCUT2D eigenvalue weighted by Gasteiger charge is -2.06. The minimum absolute atomic E-state index is 0.00863. The fraction of sp³-hybridized carbons (Fsp3) is 0.308. The summed E-state index contributed by atoms with van der Waals surface area (Å²) in [5.41, 5.74) is 10.6. The van der Waals surface area contributed by atoms with Gasteiger partial charge in [-0.25, -0.2) is 4.98 Å². The number of aryl methyl sites for hydroxylation is 2. The van der Waals surface area contributed by atoms with Crippen molar-refractivity contribution in [1.29, 1.82) is 0 Å². The third-order valence-electron chi connectivity index (χ3n) is 2.68. The highest BCUT2D eigenvalue weighted by Crippen LogP contribution is 2.30. The molecule has 1 aromatic carbocycles. The van der Waals surface area contributed by atoms with Crippen LogP contribution in [0.3, 0.4) is 0 Å². The first-order valence-electron chi connectivity index (χ1n) is 5.37. The monoisotopic (exact) mass is 232 g/mol. The minimum Gasteiger partial charge on any atom is -0.323 e. The first-order chi connectivity index (χ1) is 7.59. The highest BCUT2D eigenvalue weighted by atomic mass is 32.1. The van der Waals surface area contributed by atoms with Crippen molar-refractivity contribution < 1.29 is 0 Å². The van der Waals surface area contributed by atoms with Gasteiger partial charge in [-0.1, -0.05) is 18.2 Å². The van der Waals surface area contributed by atoms with Crippen LogP contribution in [0.25, 0.3) is 10.6 Å². The molecule has 16 heavy (non-hydrogen) atoms. The van der Waals surface area contributed by atoms with Crippen LogP contribution in [-0.4, -0.2) is 4.98 Å². The molecule has 0 bridgehead atoms. The standard InChI is InChI=1S/C13H16N2S/c1-8-5-4-6-9(2)12(8)13-15-11(7-16-13)10(3)14/h4-7,10H,14H2,1-3H3. The van der Waals surface area contributed by atoms with E-state index in [1.807, 2.05) is 12.3 Å². The van der Waals surface area contributed by atoms with Gasteiger partial charge in [-0.2, -0.15) is 0 Å². The van der Waals surface area contributed by atoms with E-state index in [2.05, 4.69) is 37.0 Å². The van der Waals surface area contributed by atoms with Crippen LogP contribution in [-0.2, 0) is 0 Å². The Morgan fingerprint density at radius 2 is 1.88 bits per heavy atom. The Morgan fingerprint density at radius 1 is 1.25 bits per heavy atom. The van der Waals surface area contributed by atoms with Crippen molar-refractivity contribution in [2.75, 3.05) is 0 Å². The molecule has 0 radical (unpaired) electrons. The molecule has 0 aliphatic carbocycles. The van der Waals surface area contributed by atoms with Crippen molar-refractivity contribution >= 4 is 11.3 Å². The number of nitrogens with two attached hydrogens (primary N) is 1. The van der Waals surface area contributed by atoms with Crippen LogP contribution >= 0.6 is 11.3 Å². The maximum atomic E-state index is 5.83. The van der Waals surface area contributed by atoms with Gasteiger partial charge in [-0.05, 0) is 31.9 Å². The van der Waals surface area contributed by atoms with Gasteiger partial charge in [0, 0.05) is 17.0 Å². The van der Waals surface area contributed by atoms with Gasteiger partial charge in [0.1, 0.15) is 5.01 Å². The van der Waals surface area contributed by atoms with Crippen LogP contribution in [0.5, 0.6) is 0 Å². The second-order valence-corrected chi connectivity index (χ2v) is 4.99. The van der Waals surface area contributed by atoms with E-state index in [1.165, 1.54) is 16.7 Å². The molecule has 2 aromatic rings. The molecular formula is C13H16N2S. The highest BCUT2D eigenvalue weighted by Gasteiger charge is 2.11. The van der Waals surface area contributed by atoms with Crippen molar-refractivity contribution in [2.24, 2.45) is 5.73 Å². The molecule has 1 aromatic heterocycles. The lowest BCUT2D eigenvalue weighted by atomic mass is 10.0. The highest BCUT2D eigenvalue weighted by molar-refractivity contribution is 7.13. The van der Waals surface area contributed by atoms with Gasteiger partial charge in [-0.3, -0.25) is 0 Å². The Hall–Kier alpha value is -1.19. The molecule has 0 aliphatic rings. The zero-order valence-electron chi connectivity index (χ0n) is 9.82. The van der Waals surface area contributed by atoms with Gasteiger partial charge in [0.2, 0.25) is 0 Å². The number of rotatable bonds is 2. The third-order valence-corrected chi connectivity index (χ3v) is 3.56. The van der Waals surface area contributed by atoms with Crippen LogP contribution < -0.4 is 5.73 Å². The lowest BCUT2D eigenvalue weighted by Crippen LogP contribution is -2.04. The molecule has 0 spiro atoms. The third kappa shape index (κ3) is 2.01. The molecule has 1 heterocycles. The Balaban J connectivity index is 2.50. The summed E-state index contributed by atoms with van der Waals surface area (Å²) >= 11 is 1.67. The van der Waals surface area contributed by atoms with Gasteiger partial charge >= 0.3 is 0 Å². The zero-order chi connectivity index (χ0) is 11.7. The summed E-state index contributed by atoms with van der Waals surface area (Å²) in [6.07, 6.45) is 0. The molecule has 3 heteroatoms. The molecule has 1 unspecified atom stereocenters. The first kappa shape index (κ1) is 11.3. The summed E-state index contributed by atoms with van der Waals surface area (Å²) in [4.78, 5) is 4.60. The fourth-order valence-electron chi connectivity index (χ4n) is 1.76. The molecule has 0 saturated carbocycles. The van der Waals surface area contributed by atoms with Crippen LogP contribution in [0.4, 0.5) is 0 Å². The second-order valence-electron chi connectivity index (χ2n) is 4.13. The molecular weight excluding hydrogens is 216 g/mol. The second kappa shape index (κ2) is 4.36. The maximum Gasteiger partial charge on any atom is 0.124 e. The zero-order valence-corrected chi connectivity index (χ0v) is 10.6. The first-order valence-corrected chi connectivity index (χ1v) is 6.25. The van der Waals surface area contributed by atoms with E-state index in [4.69, 9.17) is 5.73 Å². The van der Waals surface area contributed by atoms with Crippen molar-refractivity contribution in [1.82, 2.24) is 4.98 Å². The van der Waals surface area contributed by atoms with Crippen molar-refractivity contribution in [3.05, 3.63) is 40.4 Å². The van der Waals surface area contributed by atoms with Gasteiger partial charge in [0.05, 0.1) is 5.69 Å². The largest absolute Gasteiger partial charge is 0.323 e. The van der Waals surface area contributed by atoms with Crippen LogP contribution in [0.1, 0.15) is 29.8 Å². The molecule has 0 amide bonds. The lowest BCUT2D eigenvalue weighted by molar-refractivity contribution is 0.790. The van der Waals surface area contributed by atoms with Crippen molar-refractivity contribution in [3.8, 4) is 10.6 Å². The van der Waals surface area contributed by atoms with E-state index in [0.717, 1.165) is 10.7 Å². The number of benzene rings is 1. The smallest absolute Gasteiger partial charge is 0.124 e. The van der Waals surface area contributed by atoms with Gasteiger partial charge < -0.3 is 5.73 Å². The quantitative estimate of drug-likeness (QED) is 0.861. The van der Waals surface area contributed by atoms with E-state index >= 15 is 0 Å². The summed E-state index contributed by atoms with van der Waals surface area (Å²) in [7, 11) is 0. The summed E-state index contributed by atoms with van der Waals surface area (Å²) < 4.78 is 0. The predicted octanol–water partition coefficient (Wildman–Crippen LogP) is 3.45. The average molecular weight is 232 g/mol. The number of hydrogen-bond donors (Lipinski definition) is 1. The Bertz CT molecular complexity index is 480. The van der Waals surface area contributed by atoms with E-state index in [9.17, 15) is 0 Å². The molecule has 0 fully saturated rings. The van der Waals surface area contributed by atoms with Gasteiger partial charge in [-0.15, -0.1) is 11.3 Å². The number of nitrogens with zero attached hydrogens (tertiary/aromatic N) is 1. The topological polar surface area (TPSA) is 38.9 Å². The summed E-state index contributed by atoms with van der Waals surface area (Å²) in [6, 6.07) is 6.33. The van der Waals surface area contributed by atoms with Crippen molar-refractivity contribution in [2.45, 2.75) is 26.8 Å². The summed E-state index contributed by atoms with van der Waals surface area (Å²) in [5, 5.41) is 3.12. The number of hydrogen-bond acceptors (Lipinski definition) is 3. The summed E-state index contributed by atoms with van der Waals surface area (Å²) in [6.45, 7) is 6.20. The summed E-state index contributed by atoms with van der Waals surface area (Å²) in [5.74, 6) is 0. The fourth-order valence-corrected chi connectivity index (χ4v) is 2.86. The molecule has 84 valence electrons. The van der Waals surface area contributed by atoms with Crippen LogP contribution in [0.15, 0.2) is 23.6 Å². The molecule has 2 N–H and O–H groups in total. The van der Waals surface area contributed by atoms with E-state index in [0.29, 0.717) is 0 Å². The van der Waals surface area contributed by atoms with Crippen molar-refractivity contribution in [3.63, 3.8) is 0 Å². The Kier molecular flexibility index (Phi) is 3.08. The Morgan fingerprint density at radius 3 is 2.38 bits per heavy atom. The van der Waals surface area contributed by atoms with Crippen LogP contribution in [0, 0.1) is 13.8 Å². The average Bonchev–Trinajstić information content (AvgIpc) is 2.66. The van der Waals surface area contributed by atoms with Gasteiger partial charge in [0.25, 0.3) is 0 Å². The van der Waals surface area contributed by atoms with E-state index in [1.54, 1.807) is 11.3 Å². The molecule has 2 rings (SSSR count). The molecule has 0 aliphatic heterocycles. The minimum atomic E-state index is 0.00863. The molecule has 0 saturated heterocycles. The van der Waals surface area contributed by atoms with E-state index in [-0.39, 0.29) is 6.04 Å². The molecule has 1 atom stereocenters. The normalized spacial score (nSPS) is 12.8. The number of thiazole rings is 1. The maximum absolute atomic E-state index is 5.83. The predicted molar refractivity (Wildman–Crippen MR) is 69.6 cm³/mol. The van der Waals surface area contributed by atoms with Gasteiger partial charge in [0.15, 0.2) is 0 Å². The van der Waals surface area contributed by atoms with E-state index < -0.39 is 0 Å². The Labute approximate surface area is 100 Å². The SMILES string of the molecule is Cc1cccc(C)c1-c1nc(C(C)N)cs1. The molecule has 2 nitrogen and oxygen atoms in total. The van der Waals surface area contributed by atoms with Crippen LogP contribution in [0.2, 0.25) is 0 Å².